The third-order valence-corrected chi connectivity index (χ3v) is 6.76. The van der Waals surface area contributed by atoms with Crippen molar-refractivity contribution in [2.75, 3.05) is 18.0 Å². The number of hydrogen-bond donors (Lipinski definition) is 1. The monoisotopic (exact) mass is 497 g/mol. The molecule has 3 aromatic carbocycles. The van der Waals surface area contributed by atoms with E-state index in [0.29, 0.717) is 34.3 Å². The van der Waals surface area contributed by atoms with Gasteiger partial charge in [0.05, 0.1) is 15.7 Å². The molecule has 34 heavy (non-hydrogen) atoms. The van der Waals surface area contributed by atoms with Crippen LogP contribution >= 0.6 is 23.2 Å². The molecule has 1 aliphatic rings. The zero-order valence-electron chi connectivity index (χ0n) is 19.0. The Labute approximate surface area is 208 Å². The molecular formula is C26H25Cl2N3O3. The van der Waals surface area contributed by atoms with Crippen molar-refractivity contribution in [2.45, 2.75) is 32.9 Å². The van der Waals surface area contributed by atoms with Crippen molar-refractivity contribution in [1.29, 1.82) is 0 Å². The van der Waals surface area contributed by atoms with Gasteiger partial charge in [0.25, 0.3) is 5.91 Å². The Hall–Kier alpha value is -3.09. The number of anilines is 1. The van der Waals surface area contributed by atoms with Gasteiger partial charge in [-0.3, -0.25) is 19.3 Å². The third kappa shape index (κ3) is 4.48. The van der Waals surface area contributed by atoms with Crippen LogP contribution in [0, 0.1) is 0 Å². The largest absolute Gasteiger partial charge is 0.355 e. The van der Waals surface area contributed by atoms with Gasteiger partial charge in [0, 0.05) is 24.0 Å². The van der Waals surface area contributed by atoms with E-state index in [9.17, 15) is 14.4 Å². The summed E-state index contributed by atoms with van der Waals surface area (Å²) in [4.78, 5) is 42.7. The highest BCUT2D eigenvalue weighted by atomic mass is 35.5. The van der Waals surface area contributed by atoms with Gasteiger partial charge in [-0.15, -0.1) is 0 Å². The molecule has 0 spiro atoms. The minimum absolute atomic E-state index is 0.157. The van der Waals surface area contributed by atoms with E-state index in [0.717, 1.165) is 16.3 Å². The summed E-state index contributed by atoms with van der Waals surface area (Å²) < 4.78 is 0. The predicted molar refractivity (Wildman–Crippen MR) is 135 cm³/mol. The number of halogens is 2. The molecule has 0 aliphatic carbocycles. The molecule has 1 heterocycles. The number of carbonyl (C=O) groups is 3. The van der Waals surface area contributed by atoms with Crippen molar-refractivity contribution in [3.05, 3.63) is 75.8 Å². The van der Waals surface area contributed by atoms with E-state index in [1.54, 1.807) is 24.3 Å². The van der Waals surface area contributed by atoms with Crippen LogP contribution in [0.5, 0.6) is 0 Å². The van der Waals surface area contributed by atoms with Crippen molar-refractivity contribution < 1.29 is 14.4 Å². The first-order valence-corrected chi connectivity index (χ1v) is 12.0. The van der Waals surface area contributed by atoms with Gasteiger partial charge in [-0.25, -0.2) is 0 Å². The minimum Gasteiger partial charge on any atom is -0.355 e. The zero-order chi connectivity index (χ0) is 24.4. The van der Waals surface area contributed by atoms with Gasteiger partial charge in [0.1, 0.15) is 12.6 Å². The molecule has 1 aliphatic heterocycles. The number of carbonyl (C=O) groups excluding carboxylic acids is 3. The number of nitrogens with zero attached hydrogens (tertiary/aromatic N) is 2. The standard InChI is InChI=1S/C26H25Cl2N3O3/c1-3-21(25(33)29-4-2)30(14-16-11-12-19(27)20(28)13-16)23(32)15-31-22-10-6-8-17-7-5-9-18(24(17)22)26(31)34/h5-13,21H,3-4,14-15H2,1-2H3,(H,29,33)/t21-/m0/s1. The van der Waals surface area contributed by atoms with Gasteiger partial charge in [-0.05, 0) is 48.6 Å². The van der Waals surface area contributed by atoms with Crippen molar-refractivity contribution >= 4 is 57.4 Å². The van der Waals surface area contributed by atoms with Crippen LogP contribution in [0.25, 0.3) is 10.8 Å². The van der Waals surface area contributed by atoms with Crippen LogP contribution in [-0.4, -0.2) is 41.8 Å². The van der Waals surface area contributed by atoms with Crippen LogP contribution in [0.3, 0.4) is 0 Å². The van der Waals surface area contributed by atoms with E-state index < -0.39 is 6.04 Å². The molecule has 0 bridgehead atoms. The van der Waals surface area contributed by atoms with Gasteiger partial charge in [-0.1, -0.05) is 60.5 Å². The topological polar surface area (TPSA) is 69.7 Å². The maximum Gasteiger partial charge on any atom is 0.259 e. The van der Waals surface area contributed by atoms with Crippen molar-refractivity contribution in [3.8, 4) is 0 Å². The molecule has 0 saturated heterocycles. The SMILES string of the molecule is CCNC(=O)[C@H](CC)N(Cc1ccc(Cl)c(Cl)c1)C(=O)CN1C(=O)c2cccc3cccc1c23. The van der Waals surface area contributed by atoms with Crippen LogP contribution < -0.4 is 10.2 Å². The Balaban J connectivity index is 1.66. The molecule has 176 valence electrons. The summed E-state index contributed by atoms with van der Waals surface area (Å²) >= 11 is 12.2. The fraction of sp³-hybridized carbons (Fsp3) is 0.269. The first-order valence-electron chi connectivity index (χ1n) is 11.2. The molecular weight excluding hydrogens is 473 g/mol. The van der Waals surface area contributed by atoms with Crippen LogP contribution in [0.4, 0.5) is 5.69 Å². The average Bonchev–Trinajstić information content (AvgIpc) is 3.09. The molecule has 0 radical (unpaired) electrons. The third-order valence-electron chi connectivity index (χ3n) is 6.02. The van der Waals surface area contributed by atoms with Gasteiger partial charge in [0.15, 0.2) is 0 Å². The highest BCUT2D eigenvalue weighted by Gasteiger charge is 2.35. The van der Waals surface area contributed by atoms with Crippen molar-refractivity contribution in [2.24, 2.45) is 0 Å². The maximum atomic E-state index is 13.7. The fourth-order valence-corrected chi connectivity index (χ4v) is 4.73. The predicted octanol–water partition coefficient (Wildman–Crippen LogP) is 5.05. The number of amides is 3. The fourth-order valence-electron chi connectivity index (χ4n) is 4.41. The summed E-state index contributed by atoms with van der Waals surface area (Å²) in [5, 5.41) is 5.38. The van der Waals surface area contributed by atoms with Gasteiger partial charge in [-0.2, -0.15) is 0 Å². The summed E-state index contributed by atoms with van der Waals surface area (Å²) in [6, 6.07) is 15.6. The highest BCUT2D eigenvalue weighted by molar-refractivity contribution is 6.42. The smallest absolute Gasteiger partial charge is 0.259 e. The Kier molecular flexibility index (Phi) is 7.10. The molecule has 6 nitrogen and oxygen atoms in total. The zero-order valence-corrected chi connectivity index (χ0v) is 20.5. The van der Waals surface area contributed by atoms with E-state index in [-0.39, 0.29) is 30.8 Å². The van der Waals surface area contributed by atoms with Gasteiger partial charge >= 0.3 is 0 Å². The van der Waals surface area contributed by atoms with E-state index in [4.69, 9.17) is 23.2 Å². The quantitative estimate of drug-likeness (QED) is 0.473. The Morgan fingerprint density at radius 3 is 2.44 bits per heavy atom. The van der Waals surface area contributed by atoms with Crippen LogP contribution in [0.2, 0.25) is 10.0 Å². The molecule has 3 amide bonds. The molecule has 0 saturated carbocycles. The first-order chi connectivity index (χ1) is 16.3. The lowest BCUT2D eigenvalue weighted by molar-refractivity contribution is -0.140. The summed E-state index contributed by atoms with van der Waals surface area (Å²) in [5.74, 6) is -0.792. The van der Waals surface area contributed by atoms with Crippen LogP contribution in [-0.2, 0) is 16.1 Å². The lowest BCUT2D eigenvalue weighted by atomic mass is 10.1. The van der Waals surface area contributed by atoms with Crippen LogP contribution in [0.15, 0.2) is 54.6 Å². The molecule has 1 N–H and O–H groups in total. The molecule has 3 aromatic rings. The normalized spacial score (nSPS) is 13.3. The number of benzene rings is 3. The number of nitrogens with one attached hydrogen (secondary N) is 1. The minimum atomic E-state index is -0.697. The molecule has 1 atom stereocenters. The molecule has 8 heteroatoms. The molecule has 4 rings (SSSR count). The summed E-state index contributed by atoms with van der Waals surface area (Å²) in [6.07, 6.45) is 0.419. The lowest BCUT2D eigenvalue weighted by Crippen LogP contribution is -2.52. The first kappa shape index (κ1) is 24.0. The van der Waals surface area contributed by atoms with E-state index in [1.165, 1.54) is 9.80 Å². The van der Waals surface area contributed by atoms with E-state index >= 15 is 0 Å². The molecule has 0 unspecified atom stereocenters. The van der Waals surface area contributed by atoms with Crippen molar-refractivity contribution in [3.63, 3.8) is 0 Å². The van der Waals surface area contributed by atoms with Gasteiger partial charge < -0.3 is 10.2 Å². The average molecular weight is 498 g/mol. The highest BCUT2D eigenvalue weighted by Crippen LogP contribution is 2.37. The second-order valence-corrected chi connectivity index (χ2v) is 8.98. The maximum absolute atomic E-state index is 13.7. The molecule has 0 fully saturated rings. The number of rotatable bonds is 8. The van der Waals surface area contributed by atoms with E-state index in [1.807, 2.05) is 44.2 Å². The number of hydrogen-bond acceptors (Lipinski definition) is 3. The molecule has 0 aromatic heterocycles. The second kappa shape index (κ2) is 10.0. The van der Waals surface area contributed by atoms with Crippen LogP contribution in [0.1, 0.15) is 36.2 Å². The lowest BCUT2D eigenvalue weighted by Gasteiger charge is -2.32. The second-order valence-electron chi connectivity index (χ2n) is 8.16. The van der Waals surface area contributed by atoms with E-state index in [2.05, 4.69) is 5.32 Å². The summed E-state index contributed by atoms with van der Waals surface area (Å²) in [6.45, 7) is 4.11. The van der Waals surface area contributed by atoms with Crippen molar-refractivity contribution in [1.82, 2.24) is 10.2 Å². The summed E-state index contributed by atoms with van der Waals surface area (Å²) in [7, 11) is 0. The van der Waals surface area contributed by atoms with Gasteiger partial charge in [0.2, 0.25) is 11.8 Å². The number of likely N-dealkylation sites (N-methyl/N-ethyl adjacent to an activating group) is 1. The summed E-state index contributed by atoms with van der Waals surface area (Å²) in [5.41, 5.74) is 2.02. The Morgan fingerprint density at radius 1 is 1.03 bits per heavy atom. The Bertz CT molecular complexity index is 1270. The Morgan fingerprint density at radius 2 is 1.76 bits per heavy atom.